The number of benzene rings is 2. The van der Waals surface area contributed by atoms with Crippen LogP contribution >= 0.6 is 23.4 Å². The van der Waals surface area contributed by atoms with Crippen molar-refractivity contribution in [3.8, 4) is 11.5 Å². The SMILES string of the molecule is CCC(N)Cc1ccc(Oc2ccc(SC)cc2)c(Cl)c1. The van der Waals surface area contributed by atoms with Crippen molar-refractivity contribution in [3.05, 3.63) is 53.1 Å². The van der Waals surface area contributed by atoms with Crippen molar-refractivity contribution in [1.29, 1.82) is 0 Å². The first-order valence-corrected chi connectivity index (χ1v) is 8.58. The molecule has 2 nitrogen and oxygen atoms in total. The molecule has 0 heterocycles. The zero-order valence-corrected chi connectivity index (χ0v) is 13.9. The molecular weight excluding hydrogens is 302 g/mol. The molecule has 2 aromatic carbocycles. The Bertz CT molecular complexity index is 586. The molecule has 0 amide bonds. The van der Waals surface area contributed by atoms with E-state index >= 15 is 0 Å². The summed E-state index contributed by atoms with van der Waals surface area (Å²) >= 11 is 8.00. The number of hydrogen-bond acceptors (Lipinski definition) is 3. The van der Waals surface area contributed by atoms with E-state index in [1.54, 1.807) is 11.8 Å². The highest BCUT2D eigenvalue weighted by Gasteiger charge is 2.07. The molecular formula is C17H20ClNOS. The molecule has 0 fully saturated rings. The third kappa shape index (κ3) is 4.67. The molecule has 21 heavy (non-hydrogen) atoms. The third-order valence-electron chi connectivity index (χ3n) is 3.31. The normalized spacial score (nSPS) is 12.2. The average molecular weight is 322 g/mol. The van der Waals surface area contributed by atoms with Crippen LogP contribution in [0.3, 0.4) is 0 Å². The van der Waals surface area contributed by atoms with Gasteiger partial charge in [-0.05, 0) is 61.1 Å². The van der Waals surface area contributed by atoms with E-state index in [-0.39, 0.29) is 6.04 Å². The second-order valence-electron chi connectivity index (χ2n) is 4.91. The summed E-state index contributed by atoms with van der Waals surface area (Å²) in [7, 11) is 0. The predicted molar refractivity (Wildman–Crippen MR) is 91.7 cm³/mol. The van der Waals surface area contributed by atoms with Crippen molar-refractivity contribution in [2.45, 2.75) is 30.7 Å². The van der Waals surface area contributed by atoms with Crippen molar-refractivity contribution in [1.82, 2.24) is 0 Å². The van der Waals surface area contributed by atoms with Gasteiger partial charge in [-0.3, -0.25) is 0 Å². The molecule has 0 saturated carbocycles. The Hall–Kier alpha value is -1.16. The number of ether oxygens (including phenoxy) is 1. The average Bonchev–Trinajstić information content (AvgIpc) is 2.50. The van der Waals surface area contributed by atoms with E-state index in [4.69, 9.17) is 22.1 Å². The van der Waals surface area contributed by atoms with E-state index in [2.05, 4.69) is 6.92 Å². The van der Waals surface area contributed by atoms with Gasteiger partial charge in [0.05, 0.1) is 5.02 Å². The molecule has 0 spiro atoms. The van der Waals surface area contributed by atoms with Gasteiger partial charge in [-0.1, -0.05) is 24.6 Å². The van der Waals surface area contributed by atoms with Crippen LogP contribution in [0.1, 0.15) is 18.9 Å². The summed E-state index contributed by atoms with van der Waals surface area (Å²) in [5.41, 5.74) is 7.11. The summed E-state index contributed by atoms with van der Waals surface area (Å²) in [6.45, 7) is 2.09. The van der Waals surface area contributed by atoms with E-state index in [9.17, 15) is 0 Å². The van der Waals surface area contributed by atoms with Crippen molar-refractivity contribution in [2.24, 2.45) is 5.73 Å². The van der Waals surface area contributed by atoms with Crippen LogP contribution in [0.4, 0.5) is 0 Å². The Balaban J connectivity index is 2.09. The molecule has 0 radical (unpaired) electrons. The molecule has 0 aliphatic carbocycles. The first-order valence-electron chi connectivity index (χ1n) is 6.98. The van der Waals surface area contributed by atoms with E-state index in [0.717, 1.165) is 24.2 Å². The fourth-order valence-corrected chi connectivity index (χ4v) is 2.62. The summed E-state index contributed by atoms with van der Waals surface area (Å²) in [5.74, 6) is 1.45. The highest BCUT2D eigenvalue weighted by atomic mass is 35.5. The molecule has 0 aromatic heterocycles. The number of rotatable bonds is 6. The maximum atomic E-state index is 6.29. The smallest absolute Gasteiger partial charge is 0.146 e. The summed E-state index contributed by atoms with van der Waals surface area (Å²) < 4.78 is 5.82. The lowest BCUT2D eigenvalue weighted by atomic mass is 10.0. The highest BCUT2D eigenvalue weighted by molar-refractivity contribution is 7.98. The minimum absolute atomic E-state index is 0.173. The maximum absolute atomic E-state index is 6.29. The molecule has 0 aliphatic rings. The van der Waals surface area contributed by atoms with E-state index in [1.807, 2.05) is 48.7 Å². The Morgan fingerprint density at radius 2 is 1.90 bits per heavy atom. The lowest BCUT2D eigenvalue weighted by Gasteiger charge is -2.12. The molecule has 1 atom stereocenters. The Labute approximate surface area is 135 Å². The van der Waals surface area contributed by atoms with Gasteiger partial charge in [0, 0.05) is 10.9 Å². The zero-order valence-electron chi connectivity index (χ0n) is 12.3. The van der Waals surface area contributed by atoms with Crippen molar-refractivity contribution < 1.29 is 4.74 Å². The van der Waals surface area contributed by atoms with Crippen LogP contribution in [-0.4, -0.2) is 12.3 Å². The second-order valence-corrected chi connectivity index (χ2v) is 6.20. The first kappa shape index (κ1) is 16.2. The van der Waals surface area contributed by atoms with Crippen LogP contribution in [-0.2, 0) is 6.42 Å². The zero-order chi connectivity index (χ0) is 15.2. The largest absolute Gasteiger partial charge is 0.456 e. The van der Waals surface area contributed by atoms with E-state index < -0.39 is 0 Å². The Kier molecular flexibility index (Phi) is 5.97. The van der Waals surface area contributed by atoms with E-state index in [1.165, 1.54) is 4.90 Å². The molecule has 2 aromatic rings. The minimum atomic E-state index is 0.173. The lowest BCUT2D eigenvalue weighted by Crippen LogP contribution is -2.21. The Morgan fingerprint density at radius 3 is 2.48 bits per heavy atom. The van der Waals surface area contributed by atoms with E-state index in [0.29, 0.717) is 10.8 Å². The van der Waals surface area contributed by atoms with Gasteiger partial charge in [0.1, 0.15) is 11.5 Å². The van der Waals surface area contributed by atoms with Gasteiger partial charge in [-0.25, -0.2) is 0 Å². The van der Waals surface area contributed by atoms with Crippen LogP contribution in [0.25, 0.3) is 0 Å². The van der Waals surface area contributed by atoms with Crippen LogP contribution in [0.15, 0.2) is 47.4 Å². The van der Waals surface area contributed by atoms with Crippen LogP contribution in [0, 0.1) is 0 Å². The monoisotopic (exact) mass is 321 g/mol. The molecule has 112 valence electrons. The van der Waals surface area contributed by atoms with Gasteiger partial charge in [-0.2, -0.15) is 0 Å². The summed E-state index contributed by atoms with van der Waals surface area (Å²) in [4.78, 5) is 1.21. The molecule has 4 heteroatoms. The van der Waals surface area contributed by atoms with Crippen molar-refractivity contribution in [3.63, 3.8) is 0 Å². The van der Waals surface area contributed by atoms with Gasteiger partial charge < -0.3 is 10.5 Å². The highest BCUT2D eigenvalue weighted by Crippen LogP contribution is 2.31. The fraction of sp³-hybridized carbons (Fsp3) is 0.294. The van der Waals surface area contributed by atoms with Gasteiger partial charge in [-0.15, -0.1) is 11.8 Å². The molecule has 2 rings (SSSR count). The number of thioether (sulfide) groups is 1. The Morgan fingerprint density at radius 1 is 1.19 bits per heavy atom. The van der Waals surface area contributed by atoms with Crippen LogP contribution < -0.4 is 10.5 Å². The van der Waals surface area contributed by atoms with Crippen molar-refractivity contribution >= 4 is 23.4 Å². The van der Waals surface area contributed by atoms with Gasteiger partial charge in [0.2, 0.25) is 0 Å². The molecule has 0 bridgehead atoms. The second kappa shape index (κ2) is 7.74. The topological polar surface area (TPSA) is 35.2 Å². The minimum Gasteiger partial charge on any atom is -0.456 e. The molecule has 1 unspecified atom stereocenters. The van der Waals surface area contributed by atoms with Gasteiger partial charge >= 0.3 is 0 Å². The predicted octanol–water partition coefficient (Wildman–Crippen LogP) is 5.13. The van der Waals surface area contributed by atoms with Crippen LogP contribution in [0.2, 0.25) is 5.02 Å². The van der Waals surface area contributed by atoms with Crippen LogP contribution in [0.5, 0.6) is 11.5 Å². The summed E-state index contributed by atoms with van der Waals surface area (Å²) in [6.07, 6.45) is 3.84. The van der Waals surface area contributed by atoms with Gasteiger partial charge in [0.25, 0.3) is 0 Å². The first-order chi connectivity index (χ1) is 10.1. The number of halogens is 1. The number of hydrogen-bond donors (Lipinski definition) is 1. The standard InChI is InChI=1S/C17H20ClNOS/c1-3-13(19)10-12-4-9-17(16(18)11-12)20-14-5-7-15(21-2)8-6-14/h4-9,11,13H,3,10,19H2,1-2H3. The fourth-order valence-electron chi connectivity index (χ4n) is 1.97. The number of nitrogens with two attached hydrogens (primary N) is 1. The summed E-state index contributed by atoms with van der Waals surface area (Å²) in [5, 5.41) is 0.616. The quantitative estimate of drug-likeness (QED) is 0.749. The molecule has 2 N–H and O–H groups in total. The summed E-state index contributed by atoms with van der Waals surface area (Å²) in [6, 6.07) is 14.0. The molecule has 0 aliphatic heterocycles. The molecule has 0 saturated heterocycles. The third-order valence-corrected chi connectivity index (χ3v) is 4.34. The lowest BCUT2D eigenvalue weighted by molar-refractivity contribution is 0.482. The maximum Gasteiger partial charge on any atom is 0.146 e. The van der Waals surface area contributed by atoms with Gasteiger partial charge in [0.15, 0.2) is 0 Å². The van der Waals surface area contributed by atoms with Crippen molar-refractivity contribution in [2.75, 3.05) is 6.26 Å².